The van der Waals surface area contributed by atoms with Crippen LogP contribution in [0.1, 0.15) is 27.9 Å². The van der Waals surface area contributed by atoms with Gasteiger partial charge in [0, 0.05) is 10.0 Å². The van der Waals surface area contributed by atoms with E-state index in [1.807, 2.05) is 0 Å². The van der Waals surface area contributed by atoms with Gasteiger partial charge < -0.3 is 5.11 Å². The summed E-state index contributed by atoms with van der Waals surface area (Å²) >= 11 is 3.37. The van der Waals surface area contributed by atoms with Gasteiger partial charge in [-0.15, -0.1) is 0 Å². The number of carboxylic acids is 1. The predicted molar refractivity (Wildman–Crippen MR) is 58.1 cm³/mol. The quantitative estimate of drug-likeness (QED) is 0.661. The van der Waals surface area contributed by atoms with Crippen LogP contribution < -0.4 is 0 Å². The van der Waals surface area contributed by atoms with Gasteiger partial charge in [0.15, 0.2) is 0 Å². The minimum atomic E-state index is -1.40. The highest BCUT2D eigenvalue weighted by Gasteiger charge is 2.20. The maximum Gasteiger partial charge on any atom is 0.377 e. The minimum Gasteiger partial charge on any atom is -0.475 e. The minimum absolute atomic E-state index is 0.259. The van der Waals surface area contributed by atoms with Crippen molar-refractivity contribution in [1.29, 1.82) is 0 Å². The molecule has 0 fully saturated rings. The van der Waals surface area contributed by atoms with Gasteiger partial charge in [0.25, 0.3) is 5.78 Å². The van der Waals surface area contributed by atoms with E-state index in [-0.39, 0.29) is 5.56 Å². The Morgan fingerprint density at radius 1 is 1.27 bits per heavy atom. The third-order valence-electron chi connectivity index (χ3n) is 2.62. The fraction of sp³-hybridized carbons (Fsp3) is 0.273. The van der Waals surface area contributed by atoms with Gasteiger partial charge in [-0.05, 0) is 42.5 Å². The second-order valence-corrected chi connectivity index (χ2v) is 4.44. The number of halogens is 1. The average molecular weight is 269 g/mol. The lowest BCUT2D eigenvalue weighted by molar-refractivity contribution is -0.131. The third-order valence-corrected chi connectivity index (χ3v) is 3.32. The number of aliphatic carboxylic acids is 1. The Kier molecular flexibility index (Phi) is 2.61. The molecule has 0 spiro atoms. The molecule has 0 aromatic heterocycles. The second kappa shape index (κ2) is 3.77. The van der Waals surface area contributed by atoms with Crippen molar-refractivity contribution >= 4 is 27.7 Å². The summed E-state index contributed by atoms with van der Waals surface area (Å²) in [7, 11) is 0. The van der Waals surface area contributed by atoms with Crippen LogP contribution in [0.5, 0.6) is 0 Å². The number of carbonyl (C=O) groups is 2. The Labute approximate surface area is 95.2 Å². The molecule has 0 heterocycles. The van der Waals surface area contributed by atoms with Gasteiger partial charge in [0.2, 0.25) is 0 Å². The lowest BCUT2D eigenvalue weighted by atomic mass is 10.0. The lowest BCUT2D eigenvalue weighted by Gasteiger charge is -2.04. The molecule has 0 saturated carbocycles. The summed E-state index contributed by atoms with van der Waals surface area (Å²) in [6, 6.07) is 3.30. The number of fused-ring (bicyclic) bond motifs is 1. The maximum absolute atomic E-state index is 11.3. The second-order valence-electron chi connectivity index (χ2n) is 3.58. The third kappa shape index (κ3) is 1.81. The van der Waals surface area contributed by atoms with Crippen LogP contribution in [0.4, 0.5) is 0 Å². The maximum atomic E-state index is 11.3. The van der Waals surface area contributed by atoms with Crippen molar-refractivity contribution in [3.8, 4) is 0 Å². The van der Waals surface area contributed by atoms with Crippen LogP contribution in [0, 0.1) is 0 Å². The van der Waals surface area contributed by atoms with Crippen molar-refractivity contribution in [3.05, 3.63) is 33.3 Å². The molecule has 4 heteroatoms. The fourth-order valence-electron chi connectivity index (χ4n) is 1.91. The monoisotopic (exact) mass is 268 g/mol. The molecule has 2 rings (SSSR count). The molecule has 1 aromatic rings. The first-order valence-electron chi connectivity index (χ1n) is 4.68. The van der Waals surface area contributed by atoms with Gasteiger partial charge in [-0.2, -0.15) is 0 Å². The van der Waals surface area contributed by atoms with Crippen molar-refractivity contribution in [2.45, 2.75) is 19.3 Å². The summed E-state index contributed by atoms with van der Waals surface area (Å²) in [5.41, 5.74) is 2.56. The highest BCUT2D eigenvalue weighted by atomic mass is 79.9. The van der Waals surface area contributed by atoms with Crippen molar-refractivity contribution in [3.63, 3.8) is 0 Å². The van der Waals surface area contributed by atoms with Crippen molar-refractivity contribution < 1.29 is 14.7 Å². The summed E-state index contributed by atoms with van der Waals surface area (Å²) in [4.78, 5) is 21.8. The number of hydrogen-bond acceptors (Lipinski definition) is 2. The van der Waals surface area contributed by atoms with Gasteiger partial charge in [-0.3, -0.25) is 4.79 Å². The van der Waals surface area contributed by atoms with E-state index in [9.17, 15) is 9.59 Å². The zero-order valence-corrected chi connectivity index (χ0v) is 9.50. The number of ketones is 1. The summed E-state index contributed by atoms with van der Waals surface area (Å²) in [6.45, 7) is 0. The van der Waals surface area contributed by atoms with Crippen LogP contribution in [0.15, 0.2) is 16.6 Å². The van der Waals surface area contributed by atoms with Crippen molar-refractivity contribution in [2.75, 3.05) is 0 Å². The van der Waals surface area contributed by atoms with Gasteiger partial charge in [-0.25, -0.2) is 4.79 Å². The average Bonchev–Trinajstić information content (AvgIpc) is 2.64. The van der Waals surface area contributed by atoms with E-state index in [2.05, 4.69) is 15.9 Å². The molecule has 15 heavy (non-hydrogen) atoms. The van der Waals surface area contributed by atoms with Crippen LogP contribution in [0.25, 0.3) is 0 Å². The molecule has 0 amide bonds. The van der Waals surface area contributed by atoms with Gasteiger partial charge in [0.1, 0.15) is 0 Å². The molecule has 1 aliphatic rings. The Morgan fingerprint density at radius 2 is 2.00 bits per heavy atom. The number of benzene rings is 1. The Bertz CT molecular complexity index is 451. The number of aryl methyl sites for hydroxylation is 1. The van der Waals surface area contributed by atoms with E-state index in [1.54, 1.807) is 12.1 Å². The number of rotatable bonds is 2. The first-order chi connectivity index (χ1) is 7.09. The molecule has 3 nitrogen and oxygen atoms in total. The topological polar surface area (TPSA) is 54.4 Å². The molecule has 1 aromatic carbocycles. The molecule has 0 radical (unpaired) electrons. The lowest BCUT2D eigenvalue weighted by Crippen LogP contribution is -2.13. The van der Waals surface area contributed by atoms with E-state index in [4.69, 9.17) is 5.11 Å². The first kappa shape index (κ1) is 10.4. The Balaban J connectivity index is 2.48. The molecular formula is C11H9BrO3. The molecule has 78 valence electrons. The Hall–Kier alpha value is -1.16. The summed E-state index contributed by atoms with van der Waals surface area (Å²) < 4.78 is 0.849. The summed E-state index contributed by atoms with van der Waals surface area (Å²) in [5.74, 6) is -2.25. The molecule has 1 aliphatic carbocycles. The zero-order valence-electron chi connectivity index (χ0n) is 7.92. The highest BCUT2D eigenvalue weighted by Crippen LogP contribution is 2.30. The molecule has 0 saturated heterocycles. The molecular weight excluding hydrogens is 260 g/mol. The van der Waals surface area contributed by atoms with Crippen molar-refractivity contribution in [2.24, 2.45) is 0 Å². The summed E-state index contributed by atoms with van der Waals surface area (Å²) in [5, 5.41) is 8.61. The van der Waals surface area contributed by atoms with Crippen LogP contribution in [0.3, 0.4) is 0 Å². The van der Waals surface area contributed by atoms with Crippen LogP contribution in [0.2, 0.25) is 0 Å². The van der Waals surface area contributed by atoms with Crippen LogP contribution in [-0.4, -0.2) is 16.9 Å². The number of hydrogen-bond donors (Lipinski definition) is 1. The van der Waals surface area contributed by atoms with Gasteiger partial charge >= 0.3 is 5.97 Å². The van der Waals surface area contributed by atoms with Crippen LogP contribution in [-0.2, 0) is 17.6 Å². The predicted octanol–water partition coefficient (Wildman–Crippen LogP) is 2.21. The normalized spacial score (nSPS) is 13.7. The van der Waals surface area contributed by atoms with Crippen LogP contribution >= 0.6 is 15.9 Å². The molecule has 0 atom stereocenters. The van der Waals surface area contributed by atoms with E-state index in [0.29, 0.717) is 0 Å². The number of Topliss-reactive ketones (excluding diaryl/α,β-unsaturated/α-hetero) is 1. The number of carboxylic acid groups (broad SMARTS) is 1. The molecule has 0 unspecified atom stereocenters. The first-order valence-corrected chi connectivity index (χ1v) is 5.48. The van der Waals surface area contributed by atoms with Gasteiger partial charge in [0.05, 0.1) is 0 Å². The smallest absolute Gasteiger partial charge is 0.377 e. The fourth-order valence-corrected chi connectivity index (χ4v) is 2.61. The van der Waals surface area contributed by atoms with E-state index in [0.717, 1.165) is 29.3 Å². The summed E-state index contributed by atoms with van der Waals surface area (Å²) in [6.07, 6.45) is 2.99. The van der Waals surface area contributed by atoms with E-state index >= 15 is 0 Å². The molecule has 0 aliphatic heterocycles. The molecule has 1 N–H and O–H groups in total. The standard InChI is InChI=1S/C11H9BrO3/c12-9-5-7(10(13)11(14)15)4-6-2-1-3-8(6)9/h4-5H,1-3H2,(H,14,15). The van der Waals surface area contributed by atoms with Crippen molar-refractivity contribution in [1.82, 2.24) is 0 Å². The largest absolute Gasteiger partial charge is 0.475 e. The Morgan fingerprint density at radius 3 is 2.67 bits per heavy atom. The van der Waals surface area contributed by atoms with E-state index < -0.39 is 11.8 Å². The van der Waals surface area contributed by atoms with Gasteiger partial charge in [-0.1, -0.05) is 15.9 Å². The molecule has 0 bridgehead atoms. The highest BCUT2D eigenvalue weighted by molar-refractivity contribution is 9.10. The van der Waals surface area contributed by atoms with E-state index in [1.165, 1.54) is 5.56 Å². The zero-order chi connectivity index (χ0) is 11.0. The SMILES string of the molecule is O=C(O)C(=O)c1cc(Br)c2c(c1)CCC2. The number of carbonyl (C=O) groups excluding carboxylic acids is 1.